The summed E-state index contributed by atoms with van der Waals surface area (Å²) >= 11 is 0. The normalized spacial score (nSPS) is 18.3. The number of ether oxygens (including phenoxy) is 1. The number of piperidine rings is 1. The molecule has 1 aliphatic rings. The van der Waals surface area contributed by atoms with Crippen LogP contribution in [-0.2, 0) is 9.53 Å². The minimum atomic E-state index is -1.03. The van der Waals surface area contributed by atoms with Crippen LogP contribution in [0.4, 0.5) is 0 Å². The molecule has 0 unspecified atom stereocenters. The summed E-state index contributed by atoms with van der Waals surface area (Å²) in [6.45, 7) is 4.96. The number of imidazole rings is 1. The van der Waals surface area contributed by atoms with E-state index in [9.17, 15) is 9.59 Å². The number of ketones is 1. The minimum Gasteiger partial charge on any atom is -0.446 e. The van der Waals surface area contributed by atoms with Crippen LogP contribution >= 0.6 is 0 Å². The molecule has 6 heteroatoms. The molecule has 2 heterocycles. The van der Waals surface area contributed by atoms with E-state index in [4.69, 9.17) is 4.74 Å². The van der Waals surface area contributed by atoms with Gasteiger partial charge < -0.3 is 14.2 Å². The number of rotatable bonds is 5. The SMILES string of the molecule is CC(=O)C1(OC(=O)c2cncn2[C@H](C)c2ccccc2)CCN(C)CC1. The molecule has 26 heavy (non-hydrogen) atoms. The van der Waals surface area contributed by atoms with E-state index in [1.165, 1.54) is 13.1 Å². The number of nitrogens with zero attached hydrogens (tertiary/aromatic N) is 3. The molecule has 0 spiro atoms. The van der Waals surface area contributed by atoms with E-state index in [1.54, 1.807) is 10.9 Å². The number of benzene rings is 1. The first-order chi connectivity index (χ1) is 12.4. The maximum Gasteiger partial charge on any atom is 0.357 e. The molecule has 1 atom stereocenters. The molecule has 0 N–H and O–H groups in total. The Balaban J connectivity index is 1.83. The van der Waals surface area contributed by atoms with Crippen molar-refractivity contribution in [3.05, 3.63) is 54.1 Å². The topological polar surface area (TPSA) is 64.4 Å². The van der Waals surface area contributed by atoms with Crippen LogP contribution in [0.5, 0.6) is 0 Å². The Bertz CT molecular complexity index is 777. The predicted molar refractivity (Wildman–Crippen MR) is 98.0 cm³/mol. The molecule has 0 radical (unpaired) electrons. The van der Waals surface area contributed by atoms with E-state index in [1.807, 2.05) is 44.3 Å². The van der Waals surface area contributed by atoms with Crippen molar-refractivity contribution in [3.8, 4) is 0 Å². The molecular weight excluding hydrogens is 330 g/mol. The van der Waals surface area contributed by atoms with E-state index in [0.717, 1.165) is 18.7 Å². The molecule has 138 valence electrons. The van der Waals surface area contributed by atoms with E-state index < -0.39 is 11.6 Å². The fourth-order valence-electron chi connectivity index (χ4n) is 3.40. The lowest BCUT2D eigenvalue weighted by molar-refractivity contribution is -0.141. The minimum absolute atomic E-state index is 0.0629. The summed E-state index contributed by atoms with van der Waals surface area (Å²) in [5.41, 5.74) is 0.398. The van der Waals surface area contributed by atoms with Gasteiger partial charge in [-0.2, -0.15) is 0 Å². The van der Waals surface area contributed by atoms with Gasteiger partial charge in [-0.05, 0) is 26.5 Å². The monoisotopic (exact) mass is 355 g/mol. The number of hydrogen-bond acceptors (Lipinski definition) is 5. The second kappa shape index (κ2) is 7.41. The first-order valence-electron chi connectivity index (χ1n) is 8.93. The van der Waals surface area contributed by atoms with Crippen LogP contribution in [0.2, 0.25) is 0 Å². The van der Waals surface area contributed by atoms with Crippen LogP contribution in [0.25, 0.3) is 0 Å². The Labute approximate surface area is 153 Å². The molecule has 3 rings (SSSR count). The smallest absolute Gasteiger partial charge is 0.357 e. The Kier molecular flexibility index (Phi) is 5.23. The fraction of sp³-hybridized carbons (Fsp3) is 0.450. The molecule has 0 amide bonds. The van der Waals surface area contributed by atoms with Crippen molar-refractivity contribution in [2.24, 2.45) is 0 Å². The quantitative estimate of drug-likeness (QED) is 0.772. The Morgan fingerprint density at radius 1 is 1.19 bits per heavy atom. The van der Waals surface area contributed by atoms with Crippen LogP contribution < -0.4 is 0 Å². The van der Waals surface area contributed by atoms with Crippen LogP contribution in [0.15, 0.2) is 42.9 Å². The van der Waals surface area contributed by atoms with Crippen LogP contribution in [0.1, 0.15) is 48.8 Å². The van der Waals surface area contributed by atoms with Gasteiger partial charge in [0.1, 0.15) is 5.69 Å². The Morgan fingerprint density at radius 2 is 1.85 bits per heavy atom. The Hall–Kier alpha value is -2.47. The number of esters is 1. The van der Waals surface area contributed by atoms with Crippen molar-refractivity contribution in [2.75, 3.05) is 20.1 Å². The van der Waals surface area contributed by atoms with E-state index in [2.05, 4.69) is 9.88 Å². The van der Waals surface area contributed by atoms with E-state index in [0.29, 0.717) is 18.5 Å². The summed E-state index contributed by atoms with van der Waals surface area (Å²) < 4.78 is 7.58. The van der Waals surface area contributed by atoms with Crippen LogP contribution in [0.3, 0.4) is 0 Å². The highest BCUT2D eigenvalue weighted by atomic mass is 16.6. The molecule has 0 bridgehead atoms. The van der Waals surface area contributed by atoms with Crippen molar-refractivity contribution in [1.29, 1.82) is 0 Å². The van der Waals surface area contributed by atoms with E-state index in [-0.39, 0.29) is 11.8 Å². The molecular formula is C20H25N3O3. The molecule has 1 saturated heterocycles. The first kappa shape index (κ1) is 18.3. The lowest BCUT2D eigenvalue weighted by Gasteiger charge is -2.38. The second-order valence-electron chi connectivity index (χ2n) is 7.02. The van der Waals surface area contributed by atoms with Crippen molar-refractivity contribution < 1.29 is 14.3 Å². The summed E-state index contributed by atoms with van der Waals surface area (Å²) in [7, 11) is 2.00. The zero-order valence-electron chi connectivity index (χ0n) is 15.5. The molecule has 0 aliphatic carbocycles. The number of carbonyl (C=O) groups is 2. The molecule has 2 aromatic rings. The zero-order valence-corrected chi connectivity index (χ0v) is 15.5. The van der Waals surface area contributed by atoms with Crippen molar-refractivity contribution in [1.82, 2.24) is 14.5 Å². The van der Waals surface area contributed by atoms with Crippen LogP contribution in [-0.4, -0.2) is 51.9 Å². The van der Waals surface area contributed by atoms with Gasteiger partial charge in [0.25, 0.3) is 0 Å². The van der Waals surface area contributed by atoms with Gasteiger partial charge in [-0.1, -0.05) is 30.3 Å². The summed E-state index contributed by atoms with van der Waals surface area (Å²) in [5.74, 6) is -0.592. The standard InChI is InChI=1S/C20H25N3O3/c1-15(17-7-5-4-6-8-17)23-14-21-13-18(23)19(25)26-20(16(2)24)9-11-22(3)12-10-20/h4-8,13-15H,9-12H2,1-3H3/t15-/m1/s1. The molecule has 1 fully saturated rings. The number of hydrogen-bond donors (Lipinski definition) is 0. The van der Waals surface area contributed by atoms with Crippen molar-refractivity contribution in [2.45, 2.75) is 38.3 Å². The van der Waals surface area contributed by atoms with Crippen molar-refractivity contribution >= 4 is 11.8 Å². The van der Waals surface area contributed by atoms with Crippen molar-refractivity contribution in [3.63, 3.8) is 0 Å². The summed E-state index contributed by atoms with van der Waals surface area (Å²) in [4.78, 5) is 31.4. The van der Waals surface area contributed by atoms with Gasteiger partial charge in [-0.3, -0.25) is 4.79 Å². The largest absolute Gasteiger partial charge is 0.446 e. The average Bonchev–Trinajstić information content (AvgIpc) is 3.13. The zero-order chi connectivity index (χ0) is 18.7. The van der Waals surface area contributed by atoms with Gasteiger partial charge in [-0.15, -0.1) is 0 Å². The summed E-state index contributed by atoms with van der Waals surface area (Å²) in [6, 6.07) is 9.83. The van der Waals surface area contributed by atoms with Gasteiger partial charge >= 0.3 is 5.97 Å². The lowest BCUT2D eigenvalue weighted by atomic mass is 9.87. The summed E-state index contributed by atoms with van der Waals surface area (Å²) in [5, 5.41) is 0. The van der Waals surface area contributed by atoms with Gasteiger partial charge in [0.2, 0.25) is 0 Å². The highest BCUT2D eigenvalue weighted by molar-refractivity contribution is 5.93. The summed E-state index contributed by atoms with van der Waals surface area (Å²) in [6.07, 6.45) is 4.17. The highest BCUT2D eigenvalue weighted by Crippen LogP contribution is 2.29. The average molecular weight is 355 g/mol. The van der Waals surface area contributed by atoms with Gasteiger partial charge in [0, 0.05) is 25.9 Å². The Morgan fingerprint density at radius 3 is 2.46 bits per heavy atom. The van der Waals surface area contributed by atoms with Gasteiger partial charge in [0.15, 0.2) is 11.4 Å². The molecule has 1 aromatic heterocycles. The number of Topliss-reactive ketones (excluding diaryl/α,β-unsaturated/α-hetero) is 1. The van der Waals surface area contributed by atoms with Gasteiger partial charge in [0.05, 0.1) is 18.6 Å². The maximum absolute atomic E-state index is 12.9. The number of carbonyl (C=O) groups excluding carboxylic acids is 2. The third kappa shape index (κ3) is 3.55. The van der Waals surface area contributed by atoms with Crippen LogP contribution in [0, 0.1) is 0 Å². The van der Waals surface area contributed by atoms with Gasteiger partial charge in [-0.25, -0.2) is 9.78 Å². The second-order valence-corrected chi connectivity index (χ2v) is 7.02. The molecule has 6 nitrogen and oxygen atoms in total. The first-order valence-corrected chi connectivity index (χ1v) is 8.93. The molecule has 1 aliphatic heterocycles. The maximum atomic E-state index is 12.9. The lowest BCUT2D eigenvalue weighted by Crippen LogP contribution is -2.50. The fourth-order valence-corrected chi connectivity index (χ4v) is 3.40. The number of aromatic nitrogens is 2. The molecule has 0 saturated carbocycles. The number of likely N-dealkylation sites (tertiary alicyclic amines) is 1. The predicted octanol–water partition coefficient (Wildman–Crippen LogP) is 2.70. The highest BCUT2D eigenvalue weighted by Gasteiger charge is 2.42. The van der Waals surface area contributed by atoms with E-state index >= 15 is 0 Å². The molecule has 1 aromatic carbocycles. The third-order valence-electron chi connectivity index (χ3n) is 5.30. The third-order valence-corrected chi connectivity index (χ3v) is 5.30.